The molecule has 0 spiro atoms. The molecule has 2 heterocycles. The van der Waals surface area contributed by atoms with Gasteiger partial charge < -0.3 is 28.4 Å². The Kier molecular flexibility index (Phi) is 5.65. The average Bonchev–Trinajstić information content (AvgIpc) is 2.45. The lowest BCUT2D eigenvalue weighted by Crippen LogP contribution is -2.41. The standard InChI is InChI=1S/C15H26O7/c1-14(2)19-7-11(8-20-14)5-17-13(16)18-6-12-9-21-15(3,4)22-10-12/h11-12H,5-10H2,1-4H3. The van der Waals surface area contributed by atoms with Crippen molar-refractivity contribution in [3.8, 4) is 0 Å². The van der Waals surface area contributed by atoms with Gasteiger partial charge in [-0.1, -0.05) is 0 Å². The normalized spacial score (nSPS) is 25.6. The van der Waals surface area contributed by atoms with Gasteiger partial charge >= 0.3 is 6.16 Å². The number of hydrogen-bond acceptors (Lipinski definition) is 7. The van der Waals surface area contributed by atoms with E-state index in [1.807, 2.05) is 27.7 Å². The number of ether oxygens (including phenoxy) is 6. The minimum atomic E-state index is -0.685. The highest BCUT2D eigenvalue weighted by atomic mass is 16.7. The highest BCUT2D eigenvalue weighted by Crippen LogP contribution is 2.22. The lowest BCUT2D eigenvalue weighted by atomic mass is 10.1. The smallest absolute Gasteiger partial charge is 0.434 e. The zero-order valence-corrected chi connectivity index (χ0v) is 13.8. The van der Waals surface area contributed by atoms with Crippen molar-refractivity contribution in [1.82, 2.24) is 0 Å². The van der Waals surface area contributed by atoms with Crippen molar-refractivity contribution in [1.29, 1.82) is 0 Å². The third kappa shape index (κ3) is 5.72. The Bertz CT molecular complexity index is 326. The fourth-order valence-corrected chi connectivity index (χ4v) is 2.06. The van der Waals surface area contributed by atoms with E-state index in [2.05, 4.69) is 0 Å². The summed E-state index contributed by atoms with van der Waals surface area (Å²) >= 11 is 0. The van der Waals surface area contributed by atoms with Crippen LogP contribution in [0.2, 0.25) is 0 Å². The summed E-state index contributed by atoms with van der Waals surface area (Å²) in [5.74, 6) is -1.07. The molecule has 2 saturated heterocycles. The van der Waals surface area contributed by atoms with Crippen LogP contribution in [0.3, 0.4) is 0 Å². The summed E-state index contributed by atoms with van der Waals surface area (Å²) < 4.78 is 32.1. The summed E-state index contributed by atoms with van der Waals surface area (Å²) in [4.78, 5) is 11.6. The van der Waals surface area contributed by atoms with Crippen molar-refractivity contribution in [3.05, 3.63) is 0 Å². The molecule has 0 bridgehead atoms. The minimum Gasteiger partial charge on any atom is -0.434 e. The molecule has 2 fully saturated rings. The molecule has 0 unspecified atom stereocenters. The van der Waals surface area contributed by atoms with Gasteiger partial charge in [0, 0.05) is 11.8 Å². The fourth-order valence-electron chi connectivity index (χ4n) is 2.06. The van der Waals surface area contributed by atoms with Gasteiger partial charge in [-0.25, -0.2) is 4.79 Å². The van der Waals surface area contributed by atoms with Crippen molar-refractivity contribution in [3.63, 3.8) is 0 Å². The van der Waals surface area contributed by atoms with Gasteiger partial charge in [0.15, 0.2) is 11.6 Å². The molecule has 0 aliphatic carbocycles. The van der Waals surface area contributed by atoms with Crippen molar-refractivity contribution in [2.24, 2.45) is 11.8 Å². The van der Waals surface area contributed by atoms with Crippen molar-refractivity contribution >= 4 is 6.16 Å². The van der Waals surface area contributed by atoms with Crippen LogP contribution in [0.4, 0.5) is 4.79 Å². The summed E-state index contributed by atoms with van der Waals surface area (Å²) in [5, 5.41) is 0. The molecule has 0 amide bonds. The molecule has 128 valence electrons. The summed E-state index contributed by atoms with van der Waals surface area (Å²) in [5.41, 5.74) is 0. The van der Waals surface area contributed by atoms with Gasteiger partial charge in [0.1, 0.15) is 13.2 Å². The predicted molar refractivity (Wildman–Crippen MR) is 76.2 cm³/mol. The number of hydrogen-bond donors (Lipinski definition) is 0. The third-order valence-electron chi connectivity index (χ3n) is 3.54. The van der Waals surface area contributed by atoms with Crippen LogP contribution in [0.15, 0.2) is 0 Å². The van der Waals surface area contributed by atoms with E-state index in [9.17, 15) is 4.79 Å². The molecule has 2 aliphatic rings. The molecule has 2 aliphatic heterocycles. The first-order valence-electron chi connectivity index (χ1n) is 7.61. The Hall–Kier alpha value is -0.890. The molecule has 0 N–H and O–H groups in total. The molecule has 22 heavy (non-hydrogen) atoms. The van der Waals surface area contributed by atoms with E-state index < -0.39 is 17.7 Å². The summed E-state index contributed by atoms with van der Waals surface area (Å²) in [6.07, 6.45) is -0.685. The maximum Gasteiger partial charge on any atom is 0.508 e. The zero-order valence-electron chi connectivity index (χ0n) is 13.8. The SMILES string of the molecule is CC1(C)OCC(COC(=O)OCC2COC(C)(C)OC2)CO1. The first kappa shape index (κ1) is 17.5. The van der Waals surface area contributed by atoms with Gasteiger partial charge in [0.25, 0.3) is 0 Å². The van der Waals surface area contributed by atoms with E-state index in [4.69, 9.17) is 28.4 Å². The second-order valence-electron chi connectivity index (χ2n) is 6.65. The Balaban J connectivity index is 1.57. The third-order valence-corrected chi connectivity index (χ3v) is 3.54. The Morgan fingerprint density at radius 1 is 0.818 bits per heavy atom. The number of carbonyl (C=O) groups is 1. The highest BCUT2D eigenvalue weighted by molar-refractivity contribution is 5.59. The fraction of sp³-hybridized carbons (Fsp3) is 0.933. The van der Waals surface area contributed by atoms with Crippen LogP contribution >= 0.6 is 0 Å². The molecule has 0 saturated carbocycles. The average molecular weight is 318 g/mol. The lowest BCUT2D eigenvalue weighted by molar-refractivity contribution is -0.266. The van der Waals surface area contributed by atoms with E-state index in [-0.39, 0.29) is 25.0 Å². The second-order valence-corrected chi connectivity index (χ2v) is 6.65. The summed E-state index contributed by atoms with van der Waals surface area (Å²) in [6.45, 7) is 9.86. The van der Waals surface area contributed by atoms with Crippen LogP contribution in [0.5, 0.6) is 0 Å². The van der Waals surface area contributed by atoms with Crippen molar-refractivity contribution < 1.29 is 33.2 Å². The maximum absolute atomic E-state index is 11.6. The Morgan fingerprint density at radius 2 is 1.14 bits per heavy atom. The van der Waals surface area contributed by atoms with Gasteiger partial charge in [-0.05, 0) is 27.7 Å². The second kappa shape index (κ2) is 7.12. The van der Waals surface area contributed by atoms with Crippen LogP contribution < -0.4 is 0 Å². The molecule has 0 atom stereocenters. The lowest BCUT2D eigenvalue weighted by Gasteiger charge is -2.35. The van der Waals surface area contributed by atoms with Crippen LogP contribution in [-0.4, -0.2) is 57.4 Å². The summed E-state index contributed by atoms with van der Waals surface area (Å²) in [6, 6.07) is 0. The zero-order chi connectivity index (χ0) is 16.2. The van der Waals surface area contributed by atoms with E-state index >= 15 is 0 Å². The molecule has 0 aromatic heterocycles. The maximum atomic E-state index is 11.6. The van der Waals surface area contributed by atoms with Crippen LogP contribution in [-0.2, 0) is 28.4 Å². The van der Waals surface area contributed by atoms with Gasteiger partial charge in [0.05, 0.1) is 26.4 Å². The first-order valence-corrected chi connectivity index (χ1v) is 7.61. The quantitative estimate of drug-likeness (QED) is 0.733. The van der Waals surface area contributed by atoms with Crippen LogP contribution in [0.25, 0.3) is 0 Å². The minimum absolute atomic E-state index is 0.0303. The molecule has 0 radical (unpaired) electrons. The van der Waals surface area contributed by atoms with Crippen molar-refractivity contribution in [2.75, 3.05) is 39.6 Å². The molecule has 0 aromatic rings. The Morgan fingerprint density at radius 3 is 1.45 bits per heavy atom. The van der Waals surface area contributed by atoms with E-state index in [0.29, 0.717) is 26.4 Å². The van der Waals surface area contributed by atoms with E-state index in [0.717, 1.165) is 0 Å². The monoisotopic (exact) mass is 318 g/mol. The molecular formula is C15H26O7. The highest BCUT2D eigenvalue weighted by Gasteiger charge is 2.30. The van der Waals surface area contributed by atoms with Crippen molar-refractivity contribution in [2.45, 2.75) is 39.3 Å². The first-order chi connectivity index (χ1) is 10.3. The van der Waals surface area contributed by atoms with Crippen LogP contribution in [0, 0.1) is 11.8 Å². The molecule has 0 aromatic carbocycles. The largest absolute Gasteiger partial charge is 0.508 e. The van der Waals surface area contributed by atoms with E-state index in [1.165, 1.54) is 0 Å². The predicted octanol–water partition coefficient (Wildman–Crippen LogP) is 1.94. The summed E-state index contributed by atoms with van der Waals surface area (Å²) in [7, 11) is 0. The van der Waals surface area contributed by atoms with E-state index in [1.54, 1.807) is 0 Å². The Labute approximate surface area is 131 Å². The van der Waals surface area contributed by atoms with Gasteiger partial charge in [-0.3, -0.25) is 0 Å². The molecule has 7 nitrogen and oxygen atoms in total. The van der Waals surface area contributed by atoms with Gasteiger partial charge in [0.2, 0.25) is 0 Å². The molecular weight excluding hydrogens is 292 g/mol. The molecule has 7 heteroatoms. The van der Waals surface area contributed by atoms with Crippen LogP contribution in [0.1, 0.15) is 27.7 Å². The number of carbonyl (C=O) groups excluding carboxylic acids is 1. The number of rotatable bonds is 4. The topological polar surface area (TPSA) is 72.5 Å². The van der Waals surface area contributed by atoms with Gasteiger partial charge in [-0.15, -0.1) is 0 Å². The molecule has 2 rings (SSSR count). The van der Waals surface area contributed by atoms with Gasteiger partial charge in [-0.2, -0.15) is 0 Å².